The molecule has 35 heavy (non-hydrogen) atoms. The maximum Gasteiger partial charge on any atom is 0.254 e. The lowest BCUT2D eigenvalue weighted by Gasteiger charge is -2.31. The second-order valence-electron chi connectivity index (χ2n) is 9.73. The molecule has 0 bridgehead atoms. The SMILES string of the molecule is Cc1c(O)cccc1C(=O)N[C@@H](Cc1ccccc1)[C@H](O)C(=O)N1CSCC1C(=O)NC(C)(C)C. The van der Waals surface area contributed by atoms with Crippen LogP contribution in [0.25, 0.3) is 0 Å². The van der Waals surface area contributed by atoms with E-state index in [2.05, 4.69) is 10.6 Å². The standard InChI is InChI=1S/C26H33N3O5S/c1-16-18(11-8-12-21(16)30)23(32)27-19(13-17-9-6-5-7-10-17)22(31)25(34)29-15-35-14-20(29)24(33)28-26(2,3)4/h5-12,19-20,22,30-31H,13-15H2,1-4H3,(H,27,32)(H,28,33)/t19-,20?,22-/m0/s1. The fourth-order valence-electron chi connectivity index (χ4n) is 3.90. The zero-order chi connectivity index (χ0) is 25.8. The Morgan fingerprint density at radius 1 is 1.11 bits per heavy atom. The molecule has 0 aromatic heterocycles. The second kappa shape index (κ2) is 11.1. The number of benzene rings is 2. The Morgan fingerprint density at radius 2 is 1.80 bits per heavy atom. The number of aliphatic hydroxyl groups excluding tert-OH is 1. The summed E-state index contributed by atoms with van der Waals surface area (Å²) >= 11 is 1.44. The third-order valence-electron chi connectivity index (χ3n) is 5.77. The Kier molecular flexibility index (Phi) is 8.45. The first-order valence-electron chi connectivity index (χ1n) is 11.5. The number of phenolic OH excluding ortho intramolecular Hbond substituents is 1. The zero-order valence-corrected chi connectivity index (χ0v) is 21.3. The highest BCUT2D eigenvalue weighted by atomic mass is 32.2. The number of rotatable bonds is 7. The number of carbonyl (C=O) groups is 3. The normalized spacial score (nSPS) is 17.5. The summed E-state index contributed by atoms with van der Waals surface area (Å²) in [6, 6.07) is 12.2. The summed E-state index contributed by atoms with van der Waals surface area (Å²) < 4.78 is 0. The van der Waals surface area contributed by atoms with Crippen LogP contribution in [0.15, 0.2) is 48.5 Å². The quantitative estimate of drug-likeness (QED) is 0.464. The molecule has 3 amide bonds. The van der Waals surface area contributed by atoms with Gasteiger partial charge < -0.3 is 25.7 Å². The number of aliphatic hydroxyl groups is 1. The molecule has 4 N–H and O–H groups in total. The number of phenols is 1. The van der Waals surface area contributed by atoms with Crippen molar-refractivity contribution in [3.63, 3.8) is 0 Å². The molecular formula is C26H33N3O5S. The van der Waals surface area contributed by atoms with Crippen molar-refractivity contribution in [2.75, 3.05) is 11.6 Å². The molecule has 9 heteroatoms. The largest absolute Gasteiger partial charge is 0.508 e. The number of thioether (sulfide) groups is 1. The minimum atomic E-state index is -1.57. The summed E-state index contributed by atoms with van der Waals surface area (Å²) in [6.07, 6.45) is -1.36. The van der Waals surface area contributed by atoms with E-state index in [0.717, 1.165) is 5.56 Å². The molecular weight excluding hydrogens is 466 g/mol. The Morgan fingerprint density at radius 3 is 2.46 bits per heavy atom. The molecule has 3 rings (SSSR count). The number of aromatic hydroxyl groups is 1. The van der Waals surface area contributed by atoms with E-state index in [-0.39, 0.29) is 29.5 Å². The lowest BCUT2D eigenvalue weighted by Crippen LogP contribution is -2.57. The fourth-order valence-corrected chi connectivity index (χ4v) is 5.06. The van der Waals surface area contributed by atoms with Crippen molar-refractivity contribution < 1.29 is 24.6 Å². The number of nitrogens with one attached hydrogen (secondary N) is 2. The minimum absolute atomic E-state index is 0.0179. The maximum absolute atomic E-state index is 13.4. The number of hydrogen-bond acceptors (Lipinski definition) is 6. The predicted octanol–water partition coefficient (Wildman–Crippen LogP) is 2.22. The molecule has 0 saturated carbocycles. The Labute approximate surface area is 210 Å². The van der Waals surface area contributed by atoms with Gasteiger partial charge in [-0.25, -0.2) is 0 Å². The molecule has 1 aliphatic heterocycles. The summed E-state index contributed by atoms with van der Waals surface area (Å²) in [5.41, 5.74) is 1.02. The van der Waals surface area contributed by atoms with Gasteiger partial charge in [-0.3, -0.25) is 14.4 Å². The van der Waals surface area contributed by atoms with Gasteiger partial charge in [-0.2, -0.15) is 0 Å². The van der Waals surface area contributed by atoms with Crippen LogP contribution in [0, 0.1) is 6.92 Å². The topological polar surface area (TPSA) is 119 Å². The van der Waals surface area contributed by atoms with Crippen LogP contribution in [-0.2, 0) is 16.0 Å². The molecule has 1 fully saturated rings. The highest BCUT2D eigenvalue weighted by Crippen LogP contribution is 2.24. The summed E-state index contributed by atoms with van der Waals surface area (Å²) in [5.74, 6) is -0.714. The predicted molar refractivity (Wildman–Crippen MR) is 136 cm³/mol. The zero-order valence-electron chi connectivity index (χ0n) is 20.4. The van der Waals surface area contributed by atoms with Gasteiger partial charge in [-0.05, 0) is 51.8 Å². The van der Waals surface area contributed by atoms with Crippen molar-refractivity contribution in [3.8, 4) is 5.75 Å². The van der Waals surface area contributed by atoms with Gasteiger partial charge in [-0.1, -0.05) is 36.4 Å². The highest BCUT2D eigenvalue weighted by molar-refractivity contribution is 7.99. The van der Waals surface area contributed by atoms with E-state index in [4.69, 9.17) is 0 Å². The summed E-state index contributed by atoms with van der Waals surface area (Å²) in [4.78, 5) is 40.6. The van der Waals surface area contributed by atoms with Crippen LogP contribution in [0.2, 0.25) is 0 Å². The van der Waals surface area contributed by atoms with Crippen LogP contribution in [0.4, 0.5) is 0 Å². The Hall–Kier alpha value is -3.04. The van der Waals surface area contributed by atoms with Crippen LogP contribution in [0.1, 0.15) is 42.3 Å². The molecule has 188 valence electrons. The number of carbonyl (C=O) groups excluding carboxylic acids is 3. The van der Waals surface area contributed by atoms with Gasteiger partial charge in [0.1, 0.15) is 11.8 Å². The molecule has 0 aliphatic carbocycles. The third kappa shape index (κ3) is 6.76. The first-order valence-corrected chi connectivity index (χ1v) is 12.6. The molecule has 3 atom stereocenters. The van der Waals surface area contributed by atoms with Crippen LogP contribution >= 0.6 is 11.8 Å². The number of hydrogen-bond donors (Lipinski definition) is 4. The molecule has 8 nitrogen and oxygen atoms in total. The van der Waals surface area contributed by atoms with Crippen molar-refractivity contribution in [1.82, 2.24) is 15.5 Å². The van der Waals surface area contributed by atoms with Crippen molar-refractivity contribution in [3.05, 3.63) is 65.2 Å². The average Bonchev–Trinajstić information content (AvgIpc) is 3.29. The van der Waals surface area contributed by atoms with Gasteiger partial charge in [0, 0.05) is 22.4 Å². The van der Waals surface area contributed by atoms with Crippen LogP contribution < -0.4 is 10.6 Å². The molecule has 1 unspecified atom stereocenters. The summed E-state index contributed by atoms with van der Waals surface area (Å²) in [5, 5.41) is 26.8. The smallest absolute Gasteiger partial charge is 0.254 e. The van der Waals surface area contributed by atoms with Gasteiger partial charge in [0.2, 0.25) is 5.91 Å². The number of amides is 3. The molecule has 2 aromatic carbocycles. The first kappa shape index (κ1) is 26.6. The molecule has 1 aliphatic rings. The van der Waals surface area contributed by atoms with Gasteiger partial charge >= 0.3 is 0 Å². The average molecular weight is 500 g/mol. The van der Waals surface area contributed by atoms with Gasteiger partial charge in [0.25, 0.3) is 11.8 Å². The second-order valence-corrected chi connectivity index (χ2v) is 10.7. The van der Waals surface area contributed by atoms with Gasteiger partial charge in [0.05, 0.1) is 11.9 Å². The van der Waals surface area contributed by atoms with Gasteiger partial charge in [-0.15, -0.1) is 11.8 Å². The molecule has 2 aromatic rings. The first-order chi connectivity index (χ1) is 16.5. The van der Waals surface area contributed by atoms with Crippen molar-refractivity contribution in [2.45, 2.75) is 57.8 Å². The molecule has 0 radical (unpaired) electrons. The lowest BCUT2D eigenvalue weighted by molar-refractivity contribution is -0.146. The van der Waals surface area contributed by atoms with Gasteiger partial charge in [0.15, 0.2) is 6.10 Å². The van der Waals surface area contributed by atoms with E-state index < -0.39 is 35.5 Å². The van der Waals surface area contributed by atoms with Crippen LogP contribution in [0.5, 0.6) is 5.75 Å². The Balaban J connectivity index is 1.83. The third-order valence-corrected chi connectivity index (χ3v) is 6.78. The monoisotopic (exact) mass is 499 g/mol. The number of nitrogens with zero attached hydrogens (tertiary/aromatic N) is 1. The maximum atomic E-state index is 13.4. The van der Waals surface area contributed by atoms with E-state index in [1.165, 1.54) is 22.7 Å². The minimum Gasteiger partial charge on any atom is -0.508 e. The van der Waals surface area contributed by atoms with E-state index in [9.17, 15) is 24.6 Å². The van der Waals surface area contributed by atoms with Crippen molar-refractivity contribution in [2.24, 2.45) is 0 Å². The molecule has 1 heterocycles. The van der Waals surface area contributed by atoms with Crippen LogP contribution in [0.3, 0.4) is 0 Å². The van der Waals surface area contributed by atoms with E-state index in [1.807, 2.05) is 51.1 Å². The summed E-state index contributed by atoms with van der Waals surface area (Å²) in [6.45, 7) is 7.21. The highest BCUT2D eigenvalue weighted by Gasteiger charge is 2.40. The molecule has 0 spiro atoms. The van der Waals surface area contributed by atoms with Crippen molar-refractivity contribution >= 4 is 29.5 Å². The van der Waals surface area contributed by atoms with Crippen LogP contribution in [-0.4, -0.2) is 68.2 Å². The van der Waals surface area contributed by atoms with E-state index in [1.54, 1.807) is 19.1 Å². The Bertz CT molecular complexity index is 1070. The summed E-state index contributed by atoms with van der Waals surface area (Å²) in [7, 11) is 0. The molecule has 1 saturated heterocycles. The van der Waals surface area contributed by atoms with Crippen molar-refractivity contribution in [1.29, 1.82) is 0 Å². The lowest BCUT2D eigenvalue weighted by atomic mass is 9.98. The van der Waals surface area contributed by atoms with E-state index in [0.29, 0.717) is 11.3 Å². The fraction of sp³-hybridized carbons (Fsp3) is 0.423. The van der Waals surface area contributed by atoms with E-state index >= 15 is 0 Å².